The van der Waals surface area contributed by atoms with E-state index < -0.39 is 90.3 Å². The van der Waals surface area contributed by atoms with Crippen molar-refractivity contribution in [2.24, 2.45) is 11.5 Å². The number of rotatable bonds is 19. The highest BCUT2D eigenvalue weighted by Gasteiger charge is 2.39. The van der Waals surface area contributed by atoms with Crippen LogP contribution in [-0.4, -0.2) is 117 Å². The second-order valence-electron chi connectivity index (χ2n) is 14.5. The molecular weight excluding hydrogens is 764 g/mol. The molecule has 4 rings (SSSR count). The van der Waals surface area contributed by atoms with Crippen LogP contribution in [0.4, 0.5) is 0 Å². The summed E-state index contributed by atoms with van der Waals surface area (Å²) >= 11 is 0. The van der Waals surface area contributed by atoms with E-state index >= 15 is 0 Å². The van der Waals surface area contributed by atoms with Gasteiger partial charge < -0.3 is 58.3 Å². The number of benzene rings is 3. The molecule has 0 unspecified atom stereocenters. The van der Waals surface area contributed by atoms with Crippen LogP contribution < -0.4 is 38.1 Å². The summed E-state index contributed by atoms with van der Waals surface area (Å²) in [5.74, 6) is -5.08. The minimum atomic E-state index is -1.37. The molecule has 316 valence electrons. The number of aliphatic hydroxyl groups excluding tert-OH is 1. The molecule has 7 amide bonds. The van der Waals surface area contributed by atoms with E-state index in [2.05, 4.69) is 26.6 Å². The number of likely N-dealkylation sites (tertiary alicyclic amines) is 1. The number of phenols is 2. The molecule has 0 radical (unpaired) electrons. The molecule has 1 aliphatic rings. The molecule has 12 N–H and O–H groups in total. The normalized spacial score (nSPS) is 16.6. The zero-order valence-electron chi connectivity index (χ0n) is 32.8. The number of nitrogens with zero attached hydrogens (tertiary/aromatic N) is 1. The van der Waals surface area contributed by atoms with Gasteiger partial charge in [-0.25, -0.2) is 0 Å². The van der Waals surface area contributed by atoms with Crippen LogP contribution in [-0.2, 0) is 52.8 Å². The third-order valence-corrected chi connectivity index (χ3v) is 9.82. The molecule has 3 aromatic rings. The minimum absolute atomic E-state index is 0.0149. The van der Waals surface area contributed by atoms with Gasteiger partial charge in [0.1, 0.15) is 47.8 Å². The molecule has 59 heavy (non-hydrogen) atoms. The molecule has 0 saturated carbocycles. The summed E-state index contributed by atoms with van der Waals surface area (Å²) in [7, 11) is 0. The van der Waals surface area contributed by atoms with Crippen LogP contribution in [0.25, 0.3) is 0 Å². The van der Waals surface area contributed by atoms with Crippen LogP contribution in [0.2, 0.25) is 0 Å². The second-order valence-corrected chi connectivity index (χ2v) is 14.5. The molecule has 18 nitrogen and oxygen atoms in total. The van der Waals surface area contributed by atoms with Gasteiger partial charge in [0.2, 0.25) is 41.4 Å². The van der Waals surface area contributed by atoms with Crippen molar-refractivity contribution in [1.82, 2.24) is 31.5 Å². The first kappa shape index (κ1) is 45.2. The first-order valence-corrected chi connectivity index (χ1v) is 19.1. The summed E-state index contributed by atoms with van der Waals surface area (Å²) < 4.78 is 0. The van der Waals surface area contributed by atoms with Gasteiger partial charge in [-0.1, -0.05) is 54.6 Å². The first-order chi connectivity index (χ1) is 28.1. The summed E-state index contributed by atoms with van der Waals surface area (Å²) in [5.41, 5.74) is 13.3. The lowest BCUT2D eigenvalue weighted by Crippen LogP contribution is -2.59. The van der Waals surface area contributed by atoms with Crippen molar-refractivity contribution >= 4 is 41.4 Å². The Hall–Kier alpha value is -6.53. The minimum Gasteiger partial charge on any atom is -0.508 e. The maximum atomic E-state index is 14.1. The Labute approximate surface area is 341 Å². The number of hydrogen-bond donors (Lipinski definition) is 10. The summed E-state index contributed by atoms with van der Waals surface area (Å²) in [6, 6.07) is 12.6. The summed E-state index contributed by atoms with van der Waals surface area (Å²) in [4.78, 5) is 93.9. The number of phenolic OH excluding ortho intramolecular Hbond substituents is 2. The lowest BCUT2D eigenvalue weighted by atomic mass is 10.0. The van der Waals surface area contributed by atoms with Crippen molar-refractivity contribution in [2.75, 3.05) is 13.2 Å². The summed E-state index contributed by atoms with van der Waals surface area (Å²) in [5, 5.41) is 41.7. The Morgan fingerprint density at radius 3 is 1.68 bits per heavy atom. The first-order valence-electron chi connectivity index (χ1n) is 19.1. The monoisotopic (exact) mass is 816 g/mol. The van der Waals surface area contributed by atoms with Crippen LogP contribution in [0.15, 0.2) is 78.9 Å². The highest BCUT2D eigenvalue weighted by atomic mass is 16.3. The van der Waals surface area contributed by atoms with Gasteiger partial charge in [0.05, 0.1) is 12.6 Å². The summed E-state index contributed by atoms with van der Waals surface area (Å²) in [6.07, 6.45) is 0.758. The van der Waals surface area contributed by atoms with Crippen molar-refractivity contribution in [3.8, 4) is 11.5 Å². The van der Waals surface area contributed by atoms with Crippen molar-refractivity contribution in [2.45, 2.75) is 88.2 Å². The number of amides is 7. The molecule has 1 heterocycles. The fourth-order valence-electron chi connectivity index (χ4n) is 6.44. The third-order valence-electron chi connectivity index (χ3n) is 9.82. The Bertz CT molecular complexity index is 1950. The average Bonchev–Trinajstić information content (AvgIpc) is 3.71. The Kier molecular flexibility index (Phi) is 16.3. The number of carbonyl (C=O) groups excluding carboxylic acids is 7. The van der Waals surface area contributed by atoms with Gasteiger partial charge in [-0.3, -0.25) is 33.6 Å². The predicted molar refractivity (Wildman–Crippen MR) is 214 cm³/mol. The van der Waals surface area contributed by atoms with Crippen LogP contribution >= 0.6 is 0 Å². The zero-order chi connectivity index (χ0) is 43.2. The van der Waals surface area contributed by atoms with Gasteiger partial charge in [-0.2, -0.15) is 0 Å². The van der Waals surface area contributed by atoms with Crippen LogP contribution in [0.1, 0.15) is 43.4 Å². The highest BCUT2D eigenvalue weighted by molar-refractivity contribution is 5.97. The smallest absolute Gasteiger partial charge is 0.246 e. The topological polar surface area (TPSA) is 296 Å². The van der Waals surface area contributed by atoms with Gasteiger partial charge in [-0.15, -0.1) is 0 Å². The Morgan fingerprint density at radius 1 is 0.644 bits per heavy atom. The number of aromatic hydroxyl groups is 2. The molecule has 0 aromatic heterocycles. The van der Waals surface area contributed by atoms with Crippen molar-refractivity contribution in [3.05, 3.63) is 95.6 Å². The lowest BCUT2D eigenvalue weighted by molar-refractivity contribution is -0.142. The average molecular weight is 817 g/mol. The SMILES string of the molecule is C[C@@H](NC(=O)[C@H](Cc1ccccc1)NC(=O)[C@@H](C)NC(=O)[C@@H](N)Cc1ccc(O)cc1)C(=O)N[C@@H](Cc1ccc(O)cc1)C(=O)N1CCC[C@H]1C(=O)N[C@@H](CO)C(N)=O. The van der Waals surface area contributed by atoms with Gasteiger partial charge in [0, 0.05) is 19.4 Å². The van der Waals surface area contributed by atoms with Crippen molar-refractivity contribution in [3.63, 3.8) is 0 Å². The lowest BCUT2D eigenvalue weighted by Gasteiger charge is -2.30. The Balaban J connectivity index is 1.46. The molecule has 0 bridgehead atoms. The van der Waals surface area contributed by atoms with E-state index in [4.69, 9.17) is 11.5 Å². The molecule has 7 atom stereocenters. The zero-order valence-corrected chi connectivity index (χ0v) is 32.8. The van der Waals surface area contributed by atoms with Crippen molar-refractivity contribution in [1.29, 1.82) is 0 Å². The molecule has 0 spiro atoms. The van der Waals surface area contributed by atoms with Crippen LogP contribution in [0.3, 0.4) is 0 Å². The summed E-state index contributed by atoms with van der Waals surface area (Å²) in [6.45, 7) is 2.22. The van der Waals surface area contributed by atoms with E-state index in [1.54, 1.807) is 54.6 Å². The molecule has 1 saturated heterocycles. The molecule has 0 aliphatic carbocycles. The van der Waals surface area contributed by atoms with E-state index in [0.29, 0.717) is 23.1 Å². The van der Waals surface area contributed by atoms with Crippen LogP contribution in [0, 0.1) is 0 Å². The maximum Gasteiger partial charge on any atom is 0.246 e. The molecular formula is C41H52N8O10. The van der Waals surface area contributed by atoms with Gasteiger partial charge in [0.15, 0.2) is 0 Å². The van der Waals surface area contributed by atoms with E-state index in [-0.39, 0.29) is 43.7 Å². The fraction of sp³-hybridized carbons (Fsp3) is 0.390. The number of carbonyl (C=O) groups is 7. The fourth-order valence-corrected chi connectivity index (χ4v) is 6.44. The number of hydrogen-bond acceptors (Lipinski definition) is 11. The number of nitrogens with two attached hydrogens (primary N) is 2. The van der Waals surface area contributed by atoms with Gasteiger partial charge in [-0.05, 0) is 74.1 Å². The van der Waals surface area contributed by atoms with Gasteiger partial charge >= 0.3 is 0 Å². The van der Waals surface area contributed by atoms with Crippen LogP contribution in [0.5, 0.6) is 11.5 Å². The number of aliphatic hydroxyl groups is 1. The standard InChI is InChI=1S/C41H52N8O10/c1-23(44-38(56)30(42)19-26-10-14-28(51)15-11-26)36(54)46-31(20-25-7-4-3-5-8-25)39(57)45-24(2)37(55)47-32(21-27-12-16-29(52)17-13-27)41(59)49-18-6-9-34(49)40(58)48-33(22-50)35(43)53/h3-5,7-8,10-17,23-24,30-34,50-52H,6,9,18-22,42H2,1-2H3,(H2,43,53)(H,44,56)(H,45,57)(H,46,54)(H,47,55)(H,48,58)/t23-,24-,30+,31+,32+,33+,34+/m1/s1. The quantitative estimate of drug-likeness (QED) is 0.0657. The van der Waals surface area contributed by atoms with Gasteiger partial charge in [0.25, 0.3) is 0 Å². The maximum absolute atomic E-state index is 14.1. The van der Waals surface area contributed by atoms with E-state index in [0.717, 1.165) is 0 Å². The number of primary amides is 1. The molecule has 1 fully saturated rings. The van der Waals surface area contributed by atoms with E-state index in [1.165, 1.54) is 43.0 Å². The molecule has 1 aliphatic heterocycles. The Morgan fingerprint density at radius 2 is 1.14 bits per heavy atom. The second kappa shape index (κ2) is 21.3. The predicted octanol–water partition coefficient (Wildman–Crippen LogP) is -1.61. The van der Waals surface area contributed by atoms with Crippen molar-refractivity contribution < 1.29 is 48.9 Å². The molecule has 18 heteroatoms. The largest absolute Gasteiger partial charge is 0.508 e. The van der Waals surface area contributed by atoms with E-state index in [9.17, 15) is 48.9 Å². The highest BCUT2D eigenvalue weighted by Crippen LogP contribution is 2.21. The van der Waals surface area contributed by atoms with E-state index in [1.807, 2.05) is 0 Å². The number of nitrogens with one attached hydrogen (secondary N) is 5. The molecule has 3 aromatic carbocycles. The third kappa shape index (κ3) is 13.3.